The van der Waals surface area contributed by atoms with Crippen molar-refractivity contribution >= 4 is 33.3 Å². The Kier molecular flexibility index (Phi) is 4.55. The molecule has 0 radical (unpaired) electrons. The molecule has 7 nitrogen and oxygen atoms in total. The third kappa shape index (κ3) is 3.58. The van der Waals surface area contributed by atoms with Crippen molar-refractivity contribution in [3.05, 3.63) is 41.0 Å². The first kappa shape index (κ1) is 18.4. The van der Waals surface area contributed by atoms with Gasteiger partial charge in [-0.2, -0.15) is 13.2 Å². The topological polar surface area (TPSA) is 93.6 Å². The second kappa shape index (κ2) is 6.91. The number of aromatic nitrogens is 2. The van der Waals surface area contributed by atoms with E-state index in [1.807, 2.05) is 0 Å². The lowest BCUT2D eigenvalue weighted by atomic mass is 10.1. The lowest BCUT2D eigenvalue weighted by Crippen LogP contribution is -2.40. The van der Waals surface area contributed by atoms with Gasteiger partial charge in [-0.15, -0.1) is 0 Å². The van der Waals surface area contributed by atoms with Crippen LogP contribution in [0, 0.1) is 0 Å². The number of anilines is 1. The molecule has 0 bridgehead atoms. The van der Waals surface area contributed by atoms with Gasteiger partial charge >= 0.3 is 6.18 Å². The van der Waals surface area contributed by atoms with Crippen molar-refractivity contribution in [2.24, 2.45) is 0 Å². The number of thiazole rings is 1. The van der Waals surface area contributed by atoms with Gasteiger partial charge < -0.3 is 19.9 Å². The summed E-state index contributed by atoms with van der Waals surface area (Å²) in [6.07, 6.45) is -4.10. The Morgan fingerprint density at radius 1 is 1.32 bits per heavy atom. The van der Waals surface area contributed by atoms with Gasteiger partial charge in [-0.25, -0.2) is 9.97 Å². The fraction of sp³-hybridized carbons (Fsp3) is 0.235. The largest absolute Gasteiger partial charge is 0.485 e. The summed E-state index contributed by atoms with van der Waals surface area (Å²) in [5.41, 5.74) is 0.0365. The molecule has 4 rings (SSSR count). The molecular weight excluding hydrogens is 399 g/mol. The number of carbonyl (C=O) groups is 1. The van der Waals surface area contributed by atoms with Gasteiger partial charge in [0.15, 0.2) is 11.5 Å². The molecule has 2 N–H and O–H groups in total. The van der Waals surface area contributed by atoms with E-state index < -0.39 is 23.8 Å². The fourth-order valence-electron chi connectivity index (χ4n) is 2.60. The van der Waals surface area contributed by atoms with Crippen LogP contribution in [0.1, 0.15) is 10.6 Å². The van der Waals surface area contributed by atoms with Crippen molar-refractivity contribution < 1.29 is 32.5 Å². The molecule has 3 aromatic rings. The second-order valence-corrected chi connectivity index (χ2v) is 6.94. The van der Waals surface area contributed by atoms with E-state index in [4.69, 9.17) is 14.6 Å². The zero-order valence-corrected chi connectivity index (χ0v) is 14.8. The second-order valence-electron chi connectivity index (χ2n) is 5.88. The van der Waals surface area contributed by atoms with E-state index in [2.05, 4.69) is 15.3 Å². The summed E-state index contributed by atoms with van der Waals surface area (Å²) in [7, 11) is 0. The lowest BCUT2D eigenvalue weighted by Gasteiger charge is -2.26. The van der Waals surface area contributed by atoms with E-state index in [9.17, 15) is 18.0 Å². The first-order valence-electron chi connectivity index (χ1n) is 8.01. The number of carbonyl (C=O) groups excluding carboxylic acids is 1. The van der Waals surface area contributed by atoms with Crippen LogP contribution in [0.5, 0.6) is 11.5 Å². The number of nitrogens with zero attached hydrogens (tertiary/aromatic N) is 2. The Labute approximate surface area is 159 Å². The Bertz CT molecular complexity index is 1050. The zero-order valence-electron chi connectivity index (χ0n) is 14.0. The molecule has 0 spiro atoms. The molecule has 1 aliphatic heterocycles. The number of hydrogen-bond acceptors (Lipinski definition) is 7. The number of hydrogen-bond donors (Lipinski definition) is 2. The highest BCUT2D eigenvalue weighted by Gasteiger charge is 2.34. The molecule has 0 aliphatic carbocycles. The molecule has 0 saturated carbocycles. The summed E-state index contributed by atoms with van der Waals surface area (Å²) in [6, 6.07) is 4.42. The molecule has 1 atom stereocenters. The minimum Gasteiger partial charge on any atom is -0.485 e. The van der Waals surface area contributed by atoms with Crippen LogP contribution in [0.25, 0.3) is 10.3 Å². The van der Waals surface area contributed by atoms with E-state index in [1.165, 1.54) is 17.5 Å². The quantitative estimate of drug-likeness (QED) is 0.688. The summed E-state index contributed by atoms with van der Waals surface area (Å²) < 4.78 is 49.0. The van der Waals surface area contributed by atoms with Crippen LogP contribution in [-0.2, 0) is 17.6 Å². The Morgan fingerprint density at radius 3 is 2.89 bits per heavy atom. The van der Waals surface area contributed by atoms with Gasteiger partial charge in [-0.1, -0.05) is 11.3 Å². The van der Waals surface area contributed by atoms with E-state index in [0.717, 1.165) is 18.2 Å². The van der Waals surface area contributed by atoms with Crippen molar-refractivity contribution in [1.82, 2.24) is 9.97 Å². The van der Waals surface area contributed by atoms with Gasteiger partial charge in [0.25, 0.3) is 5.91 Å². The molecule has 3 heterocycles. The van der Waals surface area contributed by atoms with Gasteiger partial charge in [-0.05, 0) is 24.3 Å². The number of benzene rings is 1. The van der Waals surface area contributed by atoms with Crippen molar-refractivity contribution in [2.75, 3.05) is 11.9 Å². The van der Waals surface area contributed by atoms with Crippen LogP contribution in [0.2, 0.25) is 0 Å². The average molecular weight is 411 g/mol. The van der Waals surface area contributed by atoms with Gasteiger partial charge in [0.2, 0.25) is 6.10 Å². The minimum atomic E-state index is -4.50. The van der Waals surface area contributed by atoms with Crippen LogP contribution < -0.4 is 14.8 Å². The first-order chi connectivity index (χ1) is 13.3. The van der Waals surface area contributed by atoms with Gasteiger partial charge in [0.1, 0.15) is 22.0 Å². The molecule has 1 aromatic carbocycles. The lowest BCUT2D eigenvalue weighted by molar-refractivity contribution is -0.138. The third-order valence-electron chi connectivity index (χ3n) is 3.92. The maximum atomic E-state index is 12.8. The summed E-state index contributed by atoms with van der Waals surface area (Å²) in [4.78, 5) is 21.4. The maximum absolute atomic E-state index is 12.8. The van der Waals surface area contributed by atoms with Crippen LogP contribution >= 0.6 is 11.3 Å². The number of amides is 1. The highest BCUT2D eigenvalue weighted by Crippen LogP contribution is 2.38. The molecule has 1 amide bonds. The highest BCUT2D eigenvalue weighted by atomic mass is 32.1. The van der Waals surface area contributed by atoms with Crippen molar-refractivity contribution in [3.63, 3.8) is 0 Å². The SMILES string of the molecule is O=C(Nc1cnc2sc(CO)nc2c1)C1COc2cc(C(F)(F)F)ccc2O1. The van der Waals surface area contributed by atoms with Crippen LogP contribution in [-0.4, -0.2) is 33.7 Å². The van der Waals surface area contributed by atoms with E-state index in [0.29, 0.717) is 21.0 Å². The Balaban J connectivity index is 1.47. The molecule has 0 fully saturated rings. The summed E-state index contributed by atoms with van der Waals surface area (Å²) >= 11 is 1.24. The predicted octanol–water partition coefficient (Wildman–Crippen LogP) is 2.98. The number of fused-ring (bicyclic) bond motifs is 2. The van der Waals surface area contributed by atoms with E-state index in [-0.39, 0.29) is 24.7 Å². The molecule has 28 heavy (non-hydrogen) atoms. The zero-order chi connectivity index (χ0) is 19.9. The smallest absolute Gasteiger partial charge is 0.416 e. The number of rotatable bonds is 3. The molecule has 2 aromatic heterocycles. The number of halogens is 3. The summed E-state index contributed by atoms with van der Waals surface area (Å²) in [6.45, 7) is -0.438. The number of nitrogens with one attached hydrogen (secondary N) is 1. The molecule has 11 heteroatoms. The van der Waals surface area contributed by atoms with Crippen molar-refractivity contribution in [1.29, 1.82) is 0 Å². The molecule has 146 valence electrons. The Hall–Kier alpha value is -2.92. The summed E-state index contributed by atoms with van der Waals surface area (Å²) in [5.74, 6) is -0.551. The van der Waals surface area contributed by atoms with Crippen molar-refractivity contribution in [3.8, 4) is 11.5 Å². The number of alkyl halides is 3. The molecule has 1 aliphatic rings. The van der Waals surface area contributed by atoms with E-state index >= 15 is 0 Å². The molecule has 1 unspecified atom stereocenters. The number of aliphatic hydroxyl groups excluding tert-OH is 1. The molecule has 0 saturated heterocycles. The van der Waals surface area contributed by atoms with Gasteiger partial charge in [0, 0.05) is 0 Å². The summed E-state index contributed by atoms with van der Waals surface area (Å²) in [5, 5.41) is 12.2. The van der Waals surface area contributed by atoms with Crippen molar-refractivity contribution in [2.45, 2.75) is 18.9 Å². The highest BCUT2D eigenvalue weighted by molar-refractivity contribution is 7.18. The normalized spacial score (nSPS) is 16.2. The molecular formula is C17H12F3N3O4S. The minimum absolute atomic E-state index is 0.0556. The van der Waals surface area contributed by atoms with Crippen LogP contribution in [0.3, 0.4) is 0 Å². The monoisotopic (exact) mass is 411 g/mol. The maximum Gasteiger partial charge on any atom is 0.416 e. The number of aliphatic hydroxyl groups is 1. The average Bonchev–Trinajstić information content (AvgIpc) is 3.09. The van der Waals surface area contributed by atoms with Crippen LogP contribution in [0.4, 0.5) is 18.9 Å². The van der Waals surface area contributed by atoms with E-state index in [1.54, 1.807) is 6.07 Å². The fourth-order valence-corrected chi connectivity index (χ4v) is 3.35. The van der Waals surface area contributed by atoms with Crippen LogP contribution in [0.15, 0.2) is 30.5 Å². The predicted molar refractivity (Wildman–Crippen MR) is 93.3 cm³/mol. The standard InChI is InChI=1S/C17H12F3N3O4S/c18-17(19,20)8-1-2-11-12(3-8)26-7-13(27-11)15(25)22-9-4-10-16(21-5-9)28-14(6-24)23-10/h1-5,13,24H,6-7H2,(H,22,25). The number of pyridine rings is 1. The van der Waals surface area contributed by atoms with Gasteiger partial charge in [-0.3, -0.25) is 4.79 Å². The number of ether oxygens (including phenoxy) is 2. The Morgan fingerprint density at radius 2 is 2.14 bits per heavy atom. The third-order valence-corrected chi connectivity index (χ3v) is 4.88. The van der Waals surface area contributed by atoms with Gasteiger partial charge in [0.05, 0.1) is 24.1 Å². The first-order valence-corrected chi connectivity index (χ1v) is 8.83.